The first kappa shape index (κ1) is 16.9. The third kappa shape index (κ3) is 2.95. The summed E-state index contributed by atoms with van der Waals surface area (Å²) in [5, 5.41) is 8.41. The van der Waals surface area contributed by atoms with Crippen LogP contribution >= 0.6 is 0 Å². The monoisotopic (exact) mass is 358 g/mol. The zero-order valence-corrected chi connectivity index (χ0v) is 15.1. The Labute approximate surface area is 155 Å². The van der Waals surface area contributed by atoms with Crippen molar-refractivity contribution in [3.8, 4) is 5.69 Å². The Balaban J connectivity index is 1.71. The zero-order chi connectivity index (χ0) is 19.0. The van der Waals surface area contributed by atoms with Crippen molar-refractivity contribution in [3.63, 3.8) is 0 Å². The maximum absolute atomic E-state index is 12.9. The molecule has 0 aliphatic rings. The first-order chi connectivity index (χ1) is 13.1. The number of Topliss-reactive ketones (excluding diaryl/α,β-unsaturated/α-hetero) is 1. The fraction of sp³-hybridized carbons (Fsp3) is 0.143. The molecule has 0 unspecified atom stereocenters. The molecule has 0 amide bonds. The highest BCUT2D eigenvalue weighted by molar-refractivity contribution is 5.97. The van der Waals surface area contributed by atoms with E-state index in [2.05, 4.69) is 10.3 Å². The quantitative estimate of drug-likeness (QED) is 0.526. The second kappa shape index (κ2) is 6.64. The van der Waals surface area contributed by atoms with E-state index < -0.39 is 0 Å². The molecule has 0 saturated heterocycles. The largest absolute Gasteiger partial charge is 0.318 e. The van der Waals surface area contributed by atoms with Gasteiger partial charge in [-0.15, -0.1) is 5.10 Å². The van der Waals surface area contributed by atoms with Crippen LogP contribution in [0.2, 0.25) is 0 Å². The molecule has 6 nitrogen and oxygen atoms in total. The summed E-state index contributed by atoms with van der Waals surface area (Å²) in [5.74, 6) is -0.169. The van der Waals surface area contributed by atoms with E-state index in [0.29, 0.717) is 16.5 Å². The number of fused-ring (bicyclic) bond motifs is 1. The van der Waals surface area contributed by atoms with Gasteiger partial charge >= 0.3 is 0 Å². The van der Waals surface area contributed by atoms with E-state index >= 15 is 0 Å². The number of benzene rings is 2. The lowest BCUT2D eigenvalue weighted by molar-refractivity contribution is 0.0964. The molecule has 4 aromatic rings. The van der Waals surface area contributed by atoms with Crippen LogP contribution in [-0.4, -0.2) is 25.3 Å². The second-order valence-corrected chi connectivity index (χ2v) is 6.45. The van der Waals surface area contributed by atoms with Gasteiger partial charge in [0, 0.05) is 22.6 Å². The number of ketones is 1. The number of aryl methyl sites for hydroxylation is 1. The first-order valence-corrected chi connectivity index (χ1v) is 8.66. The van der Waals surface area contributed by atoms with Gasteiger partial charge in [-0.05, 0) is 44.2 Å². The van der Waals surface area contributed by atoms with E-state index in [1.807, 2.05) is 54.8 Å². The minimum atomic E-state index is -0.314. The van der Waals surface area contributed by atoms with Crippen LogP contribution in [0.1, 0.15) is 21.7 Å². The van der Waals surface area contributed by atoms with Crippen molar-refractivity contribution in [2.24, 2.45) is 0 Å². The number of hydrogen-bond donors (Lipinski definition) is 0. The van der Waals surface area contributed by atoms with E-state index in [1.165, 1.54) is 0 Å². The standard InChI is InChI=1S/C21H18N4O2/c1-14-12-18(15(2)25(14)16-8-4-3-5-9-16)20(26)13-24-21(27)17-10-6-7-11-19(17)22-23-24/h3-12H,13H2,1-2H3. The average Bonchev–Trinajstić information content (AvgIpc) is 2.99. The number of carbonyl (C=O) groups is 1. The summed E-state index contributed by atoms with van der Waals surface area (Å²) < 4.78 is 3.15. The maximum atomic E-state index is 12.9. The highest BCUT2D eigenvalue weighted by atomic mass is 16.1. The molecule has 0 radical (unpaired) electrons. The lowest BCUT2D eigenvalue weighted by atomic mass is 10.1. The molecule has 0 fully saturated rings. The van der Waals surface area contributed by atoms with E-state index in [1.54, 1.807) is 24.3 Å². The smallest absolute Gasteiger partial charge is 0.278 e. The van der Waals surface area contributed by atoms with E-state index in [0.717, 1.165) is 21.8 Å². The molecule has 2 heterocycles. The molecule has 0 bridgehead atoms. The third-order valence-electron chi connectivity index (χ3n) is 4.67. The van der Waals surface area contributed by atoms with Gasteiger partial charge in [-0.1, -0.05) is 35.5 Å². The van der Waals surface area contributed by atoms with Gasteiger partial charge in [-0.2, -0.15) is 0 Å². The predicted molar refractivity (Wildman–Crippen MR) is 103 cm³/mol. The van der Waals surface area contributed by atoms with Crippen molar-refractivity contribution in [2.45, 2.75) is 20.4 Å². The van der Waals surface area contributed by atoms with Crippen LogP contribution in [-0.2, 0) is 6.54 Å². The summed E-state index contributed by atoms with van der Waals surface area (Å²) >= 11 is 0. The van der Waals surface area contributed by atoms with Crippen molar-refractivity contribution in [1.82, 2.24) is 19.6 Å². The van der Waals surface area contributed by atoms with Crippen molar-refractivity contribution in [3.05, 3.63) is 88.0 Å². The molecule has 2 aromatic heterocycles. The summed E-state index contributed by atoms with van der Waals surface area (Å²) in [6.45, 7) is 3.72. The Bertz CT molecular complexity index is 1210. The second-order valence-electron chi connectivity index (χ2n) is 6.45. The van der Waals surface area contributed by atoms with Crippen LogP contribution in [0.5, 0.6) is 0 Å². The minimum Gasteiger partial charge on any atom is -0.318 e. The Hall–Kier alpha value is -3.54. The highest BCUT2D eigenvalue weighted by Gasteiger charge is 2.18. The number of para-hydroxylation sites is 1. The van der Waals surface area contributed by atoms with Gasteiger partial charge in [0.1, 0.15) is 12.1 Å². The van der Waals surface area contributed by atoms with Crippen LogP contribution in [0, 0.1) is 13.8 Å². The number of carbonyl (C=O) groups excluding carboxylic acids is 1. The summed E-state index contributed by atoms with van der Waals surface area (Å²) in [4.78, 5) is 25.5. The molecule has 0 aliphatic carbocycles. The Morgan fingerprint density at radius 1 is 1.00 bits per heavy atom. The lowest BCUT2D eigenvalue weighted by Gasteiger charge is -2.09. The topological polar surface area (TPSA) is 69.8 Å². The molecule has 0 aliphatic heterocycles. The Kier molecular flexibility index (Phi) is 4.16. The van der Waals surface area contributed by atoms with E-state index in [9.17, 15) is 9.59 Å². The maximum Gasteiger partial charge on any atom is 0.278 e. The normalized spacial score (nSPS) is 11.0. The molecular formula is C21H18N4O2. The molecular weight excluding hydrogens is 340 g/mol. The van der Waals surface area contributed by atoms with Crippen molar-refractivity contribution in [2.75, 3.05) is 0 Å². The van der Waals surface area contributed by atoms with E-state index in [4.69, 9.17) is 0 Å². The fourth-order valence-electron chi connectivity index (χ4n) is 3.37. The van der Waals surface area contributed by atoms with Crippen LogP contribution in [0.15, 0.2) is 65.5 Å². The molecule has 6 heteroatoms. The van der Waals surface area contributed by atoms with Gasteiger partial charge in [0.05, 0.1) is 5.39 Å². The Morgan fingerprint density at radius 2 is 1.70 bits per heavy atom. The minimum absolute atomic E-state index is 0.143. The molecule has 0 N–H and O–H groups in total. The SMILES string of the molecule is Cc1cc(C(=O)Cn2nnc3ccccc3c2=O)c(C)n1-c1ccccc1. The summed E-state index contributed by atoms with van der Waals surface area (Å²) in [6.07, 6.45) is 0. The van der Waals surface area contributed by atoms with Crippen molar-refractivity contribution >= 4 is 16.7 Å². The molecule has 134 valence electrons. The number of aromatic nitrogens is 4. The van der Waals surface area contributed by atoms with Crippen molar-refractivity contribution in [1.29, 1.82) is 0 Å². The molecule has 0 atom stereocenters. The lowest BCUT2D eigenvalue weighted by Crippen LogP contribution is -2.28. The predicted octanol–water partition coefficient (Wildman–Crippen LogP) is 3.08. The average molecular weight is 358 g/mol. The van der Waals surface area contributed by atoms with Gasteiger partial charge in [0.2, 0.25) is 0 Å². The van der Waals surface area contributed by atoms with Crippen LogP contribution < -0.4 is 5.56 Å². The first-order valence-electron chi connectivity index (χ1n) is 8.66. The van der Waals surface area contributed by atoms with Gasteiger partial charge in [-0.25, -0.2) is 4.68 Å². The molecule has 0 spiro atoms. The molecule has 0 saturated carbocycles. The summed E-state index contributed by atoms with van der Waals surface area (Å²) in [7, 11) is 0. The van der Waals surface area contributed by atoms with Gasteiger partial charge in [-0.3, -0.25) is 9.59 Å². The van der Waals surface area contributed by atoms with E-state index in [-0.39, 0.29) is 17.9 Å². The van der Waals surface area contributed by atoms with Crippen LogP contribution in [0.25, 0.3) is 16.6 Å². The molecule has 4 rings (SSSR count). The van der Waals surface area contributed by atoms with Gasteiger partial charge in [0.15, 0.2) is 5.78 Å². The zero-order valence-electron chi connectivity index (χ0n) is 15.1. The van der Waals surface area contributed by atoms with Crippen LogP contribution in [0.3, 0.4) is 0 Å². The molecule has 2 aromatic carbocycles. The summed E-state index contributed by atoms with van der Waals surface area (Å²) in [6, 6.07) is 18.7. The molecule has 27 heavy (non-hydrogen) atoms. The summed E-state index contributed by atoms with van der Waals surface area (Å²) in [5.41, 5.74) is 3.58. The number of rotatable bonds is 4. The van der Waals surface area contributed by atoms with Gasteiger partial charge in [0.25, 0.3) is 5.56 Å². The number of nitrogens with zero attached hydrogens (tertiary/aromatic N) is 4. The van der Waals surface area contributed by atoms with Gasteiger partial charge < -0.3 is 4.57 Å². The fourth-order valence-corrected chi connectivity index (χ4v) is 3.37. The highest BCUT2D eigenvalue weighted by Crippen LogP contribution is 2.21. The third-order valence-corrected chi connectivity index (χ3v) is 4.67. The number of hydrogen-bond acceptors (Lipinski definition) is 4. The van der Waals surface area contributed by atoms with Crippen molar-refractivity contribution < 1.29 is 4.79 Å². The Morgan fingerprint density at radius 3 is 2.48 bits per heavy atom. The van der Waals surface area contributed by atoms with Crippen LogP contribution in [0.4, 0.5) is 0 Å².